The Balaban J connectivity index is 1.11. The molecule has 3 aliphatic heterocycles. The molecule has 2 saturated heterocycles. The molecule has 2 aromatic rings. The SMILES string of the molecule is Cn1cc(C(=O)NCC2CCN(C(=O)C3CC(=O)N(c4ccc5c(c4)OCO5)C3)CC2)cn1. The average molecular weight is 453 g/mol. The monoisotopic (exact) mass is 453 g/mol. The van der Waals surface area contributed by atoms with Gasteiger partial charge in [-0.05, 0) is 30.9 Å². The number of rotatable bonds is 5. The summed E-state index contributed by atoms with van der Waals surface area (Å²) in [5.41, 5.74) is 1.27. The van der Waals surface area contributed by atoms with Crippen LogP contribution in [0.15, 0.2) is 30.6 Å². The number of carbonyl (C=O) groups is 3. The lowest BCUT2D eigenvalue weighted by Gasteiger charge is -2.33. The molecule has 0 saturated carbocycles. The van der Waals surface area contributed by atoms with Gasteiger partial charge in [-0.2, -0.15) is 5.10 Å². The molecular weight excluding hydrogens is 426 g/mol. The Kier molecular flexibility index (Phi) is 5.65. The maximum absolute atomic E-state index is 13.1. The van der Waals surface area contributed by atoms with Crippen molar-refractivity contribution in [3.63, 3.8) is 0 Å². The molecule has 1 aromatic heterocycles. The quantitative estimate of drug-likeness (QED) is 0.729. The summed E-state index contributed by atoms with van der Waals surface area (Å²) in [6.07, 6.45) is 5.10. The number of likely N-dealkylation sites (tertiary alicyclic amines) is 1. The minimum atomic E-state index is -0.343. The van der Waals surface area contributed by atoms with Crippen LogP contribution in [0, 0.1) is 11.8 Å². The second-order valence-electron chi connectivity index (χ2n) is 8.82. The standard InChI is InChI=1S/C23H27N5O5/c1-26-12-17(11-25-26)22(30)24-10-15-4-6-27(7-5-15)23(31)16-8-21(29)28(13-16)18-2-3-19-20(9-18)33-14-32-19/h2-3,9,11-12,15-16H,4-8,10,13-14H2,1H3,(H,24,30). The van der Waals surface area contributed by atoms with Gasteiger partial charge in [0.25, 0.3) is 5.91 Å². The van der Waals surface area contributed by atoms with Crippen molar-refractivity contribution in [1.29, 1.82) is 0 Å². The lowest BCUT2D eigenvalue weighted by Crippen LogP contribution is -2.44. The van der Waals surface area contributed by atoms with Gasteiger partial charge in [-0.15, -0.1) is 0 Å². The Bertz CT molecular complexity index is 1070. The second-order valence-corrected chi connectivity index (χ2v) is 8.82. The molecule has 2 fully saturated rings. The number of carbonyl (C=O) groups excluding carboxylic acids is 3. The summed E-state index contributed by atoms with van der Waals surface area (Å²) in [6.45, 7) is 2.41. The number of amides is 3. The van der Waals surface area contributed by atoms with Crippen LogP contribution in [-0.2, 0) is 16.6 Å². The van der Waals surface area contributed by atoms with E-state index in [2.05, 4.69) is 10.4 Å². The largest absolute Gasteiger partial charge is 0.454 e. The van der Waals surface area contributed by atoms with Gasteiger partial charge in [0.15, 0.2) is 11.5 Å². The van der Waals surface area contributed by atoms with Crippen LogP contribution in [0.4, 0.5) is 5.69 Å². The Hall–Kier alpha value is -3.56. The van der Waals surface area contributed by atoms with Gasteiger partial charge >= 0.3 is 0 Å². The van der Waals surface area contributed by atoms with Gasteiger partial charge < -0.3 is 24.6 Å². The van der Waals surface area contributed by atoms with Crippen molar-refractivity contribution in [3.8, 4) is 11.5 Å². The normalized spacial score (nSPS) is 20.4. The molecule has 1 N–H and O–H groups in total. The van der Waals surface area contributed by atoms with E-state index in [9.17, 15) is 14.4 Å². The van der Waals surface area contributed by atoms with Gasteiger partial charge in [0.2, 0.25) is 18.6 Å². The second kappa shape index (κ2) is 8.76. The van der Waals surface area contributed by atoms with Crippen LogP contribution in [0.25, 0.3) is 0 Å². The fourth-order valence-electron chi connectivity index (χ4n) is 4.67. The summed E-state index contributed by atoms with van der Waals surface area (Å²) in [7, 11) is 1.77. The fourth-order valence-corrected chi connectivity index (χ4v) is 4.67. The van der Waals surface area contributed by atoms with Gasteiger partial charge in [-0.25, -0.2) is 0 Å². The predicted molar refractivity (Wildman–Crippen MR) is 118 cm³/mol. The minimum absolute atomic E-state index is 0.0319. The van der Waals surface area contributed by atoms with E-state index >= 15 is 0 Å². The van der Waals surface area contributed by atoms with Crippen LogP contribution in [-0.4, -0.2) is 65.4 Å². The van der Waals surface area contributed by atoms with Crippen LogP contribution in [0.5, 0.6) is 11.5 Å². The Labute approximate surface area is 191 Å². The number of nitrogens with zero attached hydrogens (tertiary/aromatic N) is 4. The molecule has 5 rings (SSSR count). The van der Waals surface area contributed by atoms with Crippen molar-refractivity contribution in [2.24, 2.45) is 18.9 Å². The Morgan fingerprint density at radius 1 is 1.18 bits per heavy atom. The maximum atomic E-state index is 13.1. The van der Waals surface area contributed by atoms with E-state index in [1.165, 1.54) is 0 Å². The summed E-state index contributed by atoms with van der Waals surface area (Å²) in [6, 6.07) is 5.40. The fraction of sp³-hybridized carbons (Fsp3) is 0.478. The number of benzene rings is 1. The lowest BCUT2D eigenvalue weighted by molar-refractivity contribution is -0.137. The number of piperidine rings is 1. The van der Waals surface area contributed by atoms with E-state index in [1.54, 1.807) is 41.2 Å². The molecule has 1 atom stereocenters. The maximum Gasteiger partial charge on any atom is 0.254 e. The number of anilines is 1. The zero-order valence-corrected chi connectivity index (χ0v) is 18.5. The first-order valence-electron chi connectivity index (χ1n) is 11.2. The van der Waals surface area contributed by atoms with Crippen LogP contribution in [0.3, 0.4) is 0 Å². The zero-order valence-electron chi connectivity index (χ0n) is 18.5. The van der Waals surface area contributed by atoms with E-state index in [1.807, 2.05) is 11.0 Å². The van der Waals surface area contributed by atoms with Crippen molar-refractivity contribution in [2.75, 3.05) is 37.9 Å². The van der Waals surface area contributed by atoms with E-state index in [4.69, 9.17) is 9.47 Å². The summed E-state index contributed by atoms with van der Waals surface area (Å²) in [5, 5.41) is 6.98. The summed E-state index contributed by atoms with van der Waals surface area (Å²) in [4.78, 5) is 41.4. The van der Waals surface area contributed by atoms with E-state index in [0.29, 0.717) is 49.2 Å². The molecule has 3 aliphatic rings. The van der Waals surface area contributed by atoms with Gasteiger partial charge in [-0.3, -0.25) is 19.1 Å². The zero-order chi connectivity index (χ0) is 22.9. The average Bonchev–Trinajstić information content (AvgIpc) is 3.56. The molecule has 0 bridgehead atoms. The third-order valence-corrected chi connectivity index (χ3v) is 6.59. The third kappa shape index (κ3) is 4.37. The first-order valence-corrected chi connectivity index (χ1v) is 11.2. The molecule has 10 heteroatoms. The molecular formula is C23H27N5O5. The summed E-state index contributed by atoms with van der Waals surface area (Å²) < 4.78 is 12.3. The van der Waals surface area contributed by atoms with Crippen molar-refractivity contribution in [1.82, 2.24) is 20.0 Å². The number of ether oxygens (including phenoxy) is 2. The number of hydrogen-bond donors (Lipinski definition) is 1. The first kappa shape index (κ1) is 21.3. The molecule has 3 amide bonds. The third-order valence-electron chi connectivity index (χ3n) is 6.59. The topological polar surface area (TPSA) is 106 Å². The molecule has 0 aliphatic carbocycles. The number of aromatic nitrogens is 2. The van der Waals surface area contributed by atoms with Gasteiger partial charge in [0.05, 0.1) is 17.7 Å². The van der Waals surface area contributed by atoms with Gasteiger partial charge in [0.1, 0.15) is 0 Å². The number of aryl methyl sites for hydroxylation is 1. The van der Waals surface area contributed by atoms with Crippen LogP contribution < -0.4 is 19.7 Å². The summed E-state index contributed by atoms with van der Waals surface area (Å²) in [5.74, 6) is 1.11. The summed E-state index contributed by atoms with van der Waals surface area (Å²) >= 11 is 0. The molecule has 174 valence electrons. The highest BCUT2D eigenvalue weighted by Crippen LogP contribution is 2.37. The molecule has 10 nitrogen and oxygen atoms in total. The van der Waals surface area contributed by atoms with Crippen LogP contribution in [0.2, 0.25) is 0 Å². The Morgan fingerprint density at radius 3 is 2.73 bits per heavy atom. The van der Waals surface area contributed by atoms with Crippen LogP contribution >= 0.6 is 0 Å². The molecule has 0 spiro atoms. The van der Waals surface area contributed by atoms with Crippen molar-refractivity contribution in [2.45, 2.75) is 19.3 Å². The van der Waals surface area contributed by atoms with Gasteiger partial charge in [0, 0.05) is 57.6 Å². The number of hydrogen-bond acceptors (Lipinski definition) is 6. The highest BCUT2D eigenvalue weighted by molar-refractivity contribution is 6.00. The number of nitrogens with one attached hydrogen (secondary N) is 1. The minimum Gasteiger partial charge on any atom is -0.454 e. The van der Waals surface area contributed by atoms with Crippen molar-refractivity contribution >= 4 is 23.4 Å². The smallest absolute Gasteiger partial charge is 0.254 e. The number of fused-ring (bicyclic) bond motifs is 1. The molecule has 0 radical (unpaired) electrons. The highest BCUT2D eigenvalue weighted by Gasteiger charge is 2.38. The van der Waals surface area contributed by atoms with Crippen molar-refractivity contribution < 1.29 is 23.9 Å². The van der Waals surface area contributed by atoms with E-state index < -0.39 is 0 Å². The first-order chi connectivity index (χ1) is 16.0. The Morgan fingerprint density at radius 2 is 1.97 bits per heavy atom. The van der Waals surface area contributed by atoms with E-state index in [0.717, 1.165) is 18.5 Å². The van der Waals surface area contributed by atoms with Crippen LogP contribution in [0.1, 0.15) is 29.6 Å². The molecule has 4 heterocycles. The molecule has 1 unspecified atom stereocenters. The predicted octanol–water partition coefficient (Wildman–Crippen LogP) is 1.17. The molecule has 33 heavy (non-hydrogen) atoms. The lowest BCUT2D eigenvalue weighted by atomic mass is 9.95. The van der Waals surface area contributed by atoms with Gasteiger partial charge in [-0.1, -0.05) is 0 Å². The molecule has 1 aromatic carbocycles. The van der Waals surface area contributed by atoms with E-state index in [-0.39, 0.29) is 36.9 Å². The highest BCUT2D eigenvalue weighted by atomic mass is 16.7. The van der Waals surface area contributed by atoms with Crippen molar-refractivity contribution in [3.05, 3.63) is 36.2 Å².